The van der Waals surface area contributed by atoms with Crippen LogP contribution in [0, 0.1) is 13.8 Å². The first-order valence-corrected chi connectivity index (χ1v) is 7.91. The molecule has 1 aromatic carbocycles. The number of rotatable bonds is 2. The number of nitrogens with two attached hydrogens (primary N) is 1. The minimum atomic E-state index is -0.554. The number of aryl methyl sites for hydroxylation is 1. The second-order valence-corrected chi connectivity index (χ2v) is 6.51. The summed E-state index contributed by atoms with van der Waals surface area (Å²) in [7, 11) is 0. The maximum atomic E-state index is 12.4. The zero-order chi connectivity index (χ0) is 15.0. The predicted molar refractivity (Wildman–Crippen MR) is 100.0 cm³/mol. The van der Waals surface area contributed by atoms with Gasteiger partial charge in [-0.2, -0.15) is 0 Å². The highest BCUT2D eigenvalue weighted by Crippen LogP contribution is 2.31. The Morgan fingerprint density at radius 2 is 1.70 bits per heavy atom. The molecule has 23 heavy (non-hydrogen) atoms. The topological polar surface area (TPSA) is 49.6 Å². The minimum Gasteiger partial charge on any atom is -0.368 e. The standard InChI is InChI=1S/C17H25N3O.2ClH/c1-13-5-3-6-15(14(13)2)19-9-11-20(12-10-19)16(21)17(18)7-4-8-17;;/h3,5-6H,4,7-12,18H2,1-2H3;2*1H. The third-order valence-corrected chi connectivity index (χ3v) is 5.16. The lowest BCUT2D eigenvalue weighted by Gasteiger charge is -2.44. The van der Waals surface area contributed by atoms with E-state index < -0.39 is 5.54 Å². The normalized spacial score (nSPS) is 19.3. The van der Waals surface area contributed by atoms with E-state index in [0.717, 1.165) is 45.4 Å². The Labute approximate surface area is 151 Å². The lowest BCUT2D eigenvalue weighted by atomic mass is 9.76. The van der Waals surface area contributed by atoms with Gasteiger partial charge in [-0.15, -0.1) is 24.8 Å². The lowest BCUT2D eigenvalue weighted by Crippen LogP contribution is -2.62. The summed E-state index contributed by atoms with van der Waals surface area (Å²) in [4.78, 5) is 16.8. The smallest absolute Gasteiger partial charge is 0.242 e. The Bertz CT molecular complexity index is 553. The van der Waals surface area contributed by atoms with Gasteiger partial charge >= 0.3 is 0 Å². The number of amides is 1. The third kappa shape index (κ3) is 3.76. The van der Waals surface area contributed by atoms with Gasteiger partial charge in [-0.25, -0.2) is 0 Å². The fourth-order valence-corrected chi connectivity index (χ4v) is 3.32. The van der Waals surface area contributed by atoms with Crippen LogP contribution in [-0.2, 0) is 4.79 Å². The molecule has 1 heterocycles. The van der Waals surface area contributed by atoms with Crippen LogP contribution >= 0.6 is 24.8 Å². The van der Waals surface area contributed by atoms with Gasteiger partial charge in [0.25, 0.3) is 0 Å². The molecule has 2 fully saturated rings. The summed E-state index contributed by atoms with van der Waals surface area (Å²) in [6.45, 7) is 7.67. The first kappa shape index (κ1) is 20.1. The van der Waals surface area contributed by atoms with Crippen LogP contribution in [-0.4, -0.2) is 42.5 Å². The number of carbonyl (C=O) groups is 1. The summed E-state index contributed by atoms with van der Waals surface area (Å²) in [5.74, 6) is 0.161. The summed E-state index contributed by atoms with van der Waals surface area (Å²) < 4.78 is 0. The van der Waals surface area contributed by atoms with Crippen molar-refractivity contribution in [3.05, 3.63) is 29.3 Å². The van der Waals surface area contributed by atoms with Gasteiger partial charge < -0.3 is 15.5 Å². The number of hydrogen-bond donors (Lipinski definition) is 1. The van der Waals surface area contributed by atoms with E-state index in [4.69, 9.17) is 5.73 Å². The molecule has 1 aliphatic heterocycles. The van der Waals surface area contributed by atoms with Crippen molar-refractivity contribution in [1.29, 1.82) is 0 Å². The predicted octanol–water partition coefficient (Wildman–Crippen LogP) is 2.68. The molecular formula is C17H27Cl2N3O. The van der Waals surface area contributed by atoms with Crippen LogP contribution in [0.5, 0.6) is 0 Å². The maximum absolute atomic E-state index is 12.4. The molecule has 3 rings (SSSR count). The van der Waals surface area contributed by atoms with Crippen LogP contribution in [0.1, 0.15) is 30.4 Å². The van der Waals surface area contributed by atoms with Gasteiger partial charge in [0.05, 0.1) is 5.54 Å². The van der Waals surface area contributed by atoms with Crippen molar-refractivity contribution in [2.24, 2.45) is 5.73 Å². The quantitative estimate of drug-likeness (QED) is 0.882. The van der Waals surface area contributed by atoms with Crippen LogP contribution in [0.4, 0.5) is 5.69 Å². The fraction of sp³-hybridized carbons (Fsp3) is 0.588. The zero-order valence-corrected chi connectivity index (χ0v) is 15.5. The number of anilines is 1. The van der Waals surface area contributed by atoms with Crippen molar-refractivity contribution < 1.29 is 4.79 Å². The Hall–Kier alpha value is -0.970. The van der Waals surface area contributed by atoms with Crippen LogP contribution in [0.3, 0.4) is 0 Å². The molecule has 1 saturated heterocycles. The van der Waals surface area contributed by atoms with Crippen molar-refractivity contribution in [3.63, 3.8) is 0 Å². The molecule has 0 radical (unpaired) electrons. The van der Waals surface area contributed by atoms with E-state index in [-0.39, 0.29) is 30.7 Å². The Balaban J connectivity index is 0.00000132. The molecule has 2 aliphatic rings. The molecule has 2 N–H and O–H groups in total. The van der Waals surface area contributed by atoms with E-state index in [9.17, 15) is 4.79 Å². The van der Waals surface area contributed by atoms with Gasteiger partial charge in [0, 0.05) is 31.9 Å². The maximum Gasteiger partial charge on any atom is 0.242 e. The highest BCUT2D eigenvalue weighted by atomic mass is 35.5. The second-order valence-electron chi connectivity index (χ2n) is 6.51. The molecule has 1 aromatic rings. The van der Waals surface area contributed by atoms with E-state index in [1.54, 1.807) is 0 Å². The SMILES string of the molecule is Cc1cccc(N2CCN(C(=O)C3(N)CCC3)CC2)c1C.Cl.Cl. The van der Waals surface area contributed by atoms with Gasteiger partial charge in [0.1, 0.15) is 0 Å². The first-order valence-electron chi connectivity index (χ1n) is 7.91. The number of halogens is 2. The van der Waals surface area contributed by atoms with Crippen LogP contribution in [0.25, 0.3) is 0 Å². The summed E-state index contributed by atoms with van der Waals surface area (Å²) in [5, 5.41) is 0. The highest BCUT2D eigenvalue weighted by Gasteiger charge is 2.43. The van der Waals surface area contributed by atoms with Crippen molar-refractivity contribution in [2.75, 3.05) is 31.1 Å². The van der Waals surface area contributed by atoms with Gasteiger partial charge in [-0.3, -0.25) is 4.79 Å². The average Bonchev–Trinajstić information content (AvgIpc) is 2.47. The Morgan fingerprint density at radius 1 is 1.09 bits per heavy atom. The highest BCUT2D eigenvalue weighted by molar-refractivity contribution is 5.87. The molecule has 0 bridgehead atoms. The lowest BCUT2D eigenvalue weighted by molar-refractivity contribution is -0.140. The molecule has 1 amide bonds. The van der Waals surface area contributed by atoms with E-state index in [1.165, 1.54) is 16.8 Å². The minimum absolute atomic E-state index is 0. The molecule has 0 unspecified atom stereocenters. The second kappa shape index (κ2) is 7.73. The summed E-state index contributed by atoms with van der Waals surface area (Å²) >= 11 is 0. The molecular weight excluding hydrogens is 333 g/mol. The molecule has 0 atom stereocenters. The van der Waals surface area contributed by atoms with E-state index in [2.05, 4.69) is 36.9 Å². The van der Waals surface area contributed by atoms with Crippen LogP contribution in [0.2, 0.25) is 0 Å². The average molecular weight is 360 g/mol. The molecule has 6 heteroatoms. The Kier molecular flexibility index (Phi) is 6.75. The molecule has 1 aliphatic carbocycles. The molecule has 0 aromatic heterocycles. The van der Waals surface area contributed by atoms with Gasteiger partial charge in [0.2, 0.25) is 5.91 Å². The first-order chi connectivity index (χ1) is 10.0. The van der Waals surface area contributed by atoms with Crippen molar-refractivity contribution in [1.82, 2.24) is 4.90 Å². The summed E-state index contributed by atoms with van der Waals surface area (Å²) in [6.07, 6.45) is 2.79. The number of nitrogens with zero attached hydrogens (tertiary/aromatic N) is 2. The number of carbonyl (C=O) groups excluding carboxylic acids is 1. The monoisotopic (exact) mass is 359 g/mol. The molecule has 0 spiro atoms. The third-order valence-electron chi connectivity index (χ3n) is 5.16. The van der Waals surface area contributed by atoms with Crippen LogP contribution < -0.4 is 10.6 Å². The van der Waals surface area contributed by atoms with E-state index in [0.29, 0.717) is 0 Å². The molecule has 1 saturated carbocycles. The number of benzene rings is 1. The van der Waals surface area contributed by atoms with Gasteiger partial charge in [0.15, 0.2) is 0 Å². The van der Waals surface area contributed by atoms with Crippen molar-refractivity contribution in [3.8, 4) is 0 Å². The Morgan fingerprint density at radius 3 is 2.22 bits per heavy atom. The summed E-state index contributed by atoms with van der Waals surface area (Å²) in [5.41, 5.74) is 9.57. The zero-order valence-electron chi connectivity index (χ0n) is 13.9. The van der Waals surface area contributed by atoms with E-state index >= 15 is 0 Å². The number of hydrogen-bond acceptors (Lipinski definition) is 3. The van der Waals surface area contributed by atoms with Crippen molar-refractivity contribution in [2.45, 2.75) is 38.6 Å². The largest absolute Gasteiger partial charge is 0.368 e. The number of piperazine rings is 1. The summed E-state index contributed by atoms with van der Waals surface area (Å²) in [6, 6.07) is 6.43. The fourth-order valence-electron chi connectivity index (χ4n) is 3.32. The van der Waals surface area contributed by atoms with Crippen LogP contribution in [0.15, 0.2) is 18.2 Å². The molecule has 130 valence electrons. The van der Waals surface area contributed by atoms with Gasteiger partial charge in [-0.1, -0.05) is 12.1 Å². The van der Waals surface area contributed by atoms with Crippen molar-refractivity contribution >= 4 is 36.4 Å². The van der Waals surface area contributed by atoms with E-state index in [1.807, 2.05) is 4.90 Å². The van der Waals surface area contributed by atoms with Gasteiger partial charge in [-0.05, 0) is 50.3 Å². The molecule has 4 nitrogen and oxygen atoms in total.